The molecule has 1 aromatic carbocycles. The first-order chi connectivity index (χ1) is 13.1. The van der Waals surface area contributed by atoms with Crippen LogP contribution in [0.3, 0.4) is 0 Å². The fourth-order valence-corrected chi connectivity index (χ4v) is 3.81. The number of aryl methyl sites for hydroxylation is 1. The van der Waals surface area contributed by atoms with Gasteiger partial charge < -0.3 is 14.7 Å². The van der Waals surface area contributed by atoms with E-state index < -0.39 is 0 Å². The van der Waals surface area contributed by atoms with Crippen molar-refractivity contribution in [3.8, 4) is 6.07 Å². The maximum Gasteiger partial charge on any atom is 0.227 e. The number of benzene rings is 1. The zero-order valence-electron chi connectivity index (χ0n) is 15.5. The molecule has 140 valence electrons. The number of nitriles is 1. The molecule has 2 fully saturated rings. The molecule has 0 atom stereocenters. The Bertz CT molecular complexity index is 863. The van der Waals surface area contributed by atoms with E-state index in [1.165, 1.54) is 25.0 Å². The Morgan fingerprint density at radius 1 is 0.926 bits per heavy atom. The highest BCUT2D eigenvalue weighted by Gasteiger charge is 2.22. The van der Waals surface area contributed by atoms with Crippen LogP contribution in [-0.4, -0.2) is 49.2 Å². The van der Waals surface area contributed by atoms with E-state index in [0.717, 1.165) is 62.4 Å². The lowest BCUT2D eigenvalue weighted by atomic mass is 10.1. The van der Waals surface area contributed by atoms with Crippen molar-refractivity contribution in [2.45, 2.75) is 19.8 Å². The number of anilines is 3. The van der Waals surface area contributed by atoms with E-state index in [-0.39, 0.29) is 5.82 Å². The van der Waals surface area contributed by atoms with E-state index >= 15 is 0 Å². The Morgan fingerprint density at radius 3 is 2.33 bits per heavy atom. The maximum atomic E-state index is 13.4. The van der Waals surface area contributed by atoms with Gasteiger partial charge in [-0.25, -0.2) is 9.37 Å². The SMILES string of the molecule is Cc1cc(N2CCN(c3ccc(F)cc3C#N)CC2)nc(N2CCCC2)n1. The number of hydrogen-bond acceptors (Lipinski definition) is 6. The molecule has 6 nitrogen and oxygen atoms in total. The zero-order chi connectivity index (χ0) is 18.8. The fourth-order valence-electron chi connectivity index (χ4n) is 3.81. The molecule has 0 bridgehead atoms. The van der Waals surface area contributed by atoms with Gasteiger partial charge in [-0.1, -0.05) is 0 Å². The predicted molar refractivity (Wildman–Crippen MR) is 104 cm³/mol. The van der Waals surface area contributed by atoms with E-state index in [4.69, 9.17) is 4.98 Å². The number of hydrogen-bond donors (Lipinski definition) is 0. The largest absolute Gasteiger partial charge is 0.367 e. The normalized spacial score (nSPS) is 17.3. The summed E-state index contributed by atoms with van der Waals surface area (Å²) >= 11 is 0. The van der Waals surface area contributed by atoms with Gasteiger partial charge in [-0.15, -0.1) is 0 Å². The Kier molecular flexibility index (Phi) is 4.80. The molecule has 0 saturated carbocycles. The lowest BCUT2D eigenvalue weighted by molar-refractivity contribution is 0.623. The number of halogens is 1. The molecule has 0 radical (unpaired) electrons. The van der Waals surface area contributed by atoms with Crippen LogP contribution in [0.4, 0.5) is 21.8 Å². The molecule has 2 saturated heterocycles. The molecule has 0 amide bonds. The first-order valence-corrected chi connectivity index (χ1v) is 9.44. The molecule has 4 rings (SSSR count). The third-order valence-electron chi connectivity index (χ3n) is 5.24. The van der Waals surface area contributed by atoms with Crippen LogP contribution in [0.15, 0.2) is 24.3 Å². The van der Waals surface area contributed by atoms with Gasteiger partial charge in [0.1, 0.15) is 17.7 Å². The van der Waals surface area contributed by atoms with Crippen molar-refractivity contribution in [1.82, 2.24) is 9.97 Å². The summed E-state index contributed by atoms with van der Waals surface area (Å²) in [5.41, 5.74) is 2.17. The van der Waals surface area contributed by atoms with Crippen molar-refractivity contribution in [2.75, 3.05) is 54.0 Å². The summed E-state index contributed by atoms with van der Waals surface area (Å²) in [6.07, 6.45) is 2.40. The summed E-state index contributed by atoms with van der Waals surface area (Å²) in [5, 5.41) is 9.29. The van der Waals surface area contributed by atoms with Crippen molar-refractivity contribution < 1.29 is 4.39 Å². The lowest BCUT2D eigenvalue weighted by Gasteiger charge is -2.37. The molecule has 0 N–H and O–H groups in total. The molecular weight excluding hydrogens is 343 g/mol. The summed E-state index contributed by atoms with van der Waals surface area (Å²) in [4.78, 5) is 16.1. The Hall–Kier alpha value is -2.88. The van der Waals surface area contributed by atoms with Crippen LogP contribution in [0, 0.1) is 24.1 Å². The van der Waals surface area contributed by atoms with Crippen molar-refractivity contribution >= 4 is 17.5 Å². The van der Waals surface area contributed by atoms with Crippen LogP contribution in [0.1, 0.15) is 24.1 Å². The van der Waals surface area contributed by atoms with Gasteiger partial charge in [0.15, 0.2) is 0 Å². The topological polar surface area (TPSA) is 59.3 Å². The molecule has 3 heterocycles. The highest BCUT2D eigenvalue weighted by molar-refractivity contribution is 5.60. The van der Waals surface area contributed by atoms with Crippen LogP contribution < -0.4 is 14.7 Å². The van der Waals surface area contributed by atoms with Crippen LogP contribution in [0.25, 0.3) is 0 Å². The molecule has 0 spiro atoms. The molecule has 2 aliphatic rings. The van der Waals surface area contributed by atoms with E-state index in [1.807, 2.05) is 13.0 Å². The van der Waals surface area contributed by atoms with Gasteiger partial charge in [0.05, 0.1) is 11.3 Å². The number of rotatable bonds is 3. The number of nitrogens with zero attached hydrogens (tertiary/aromatic N) is 6. The Labute approximate surface area is 158 Å². The average molecular weight is 366 g/mol. The minimum atomic E-state index is -0.375. The quantitative estimate of drug-likeness (QED) is 0.832. The van der Waals surface area contributed by atoms with Crippen molar-refractivity contribution in [2.24, 2.45) is 0 Å². The van der Waals surface area contributed by atoms with Crippen LogP contribution in [0.2, 0.25) is 0 Å². The summed E-state index contributed by atoms with van der Waals surface area (Å²) in [6, 6.07) is 8.55. The smallest absolute Gasteiger partial charge is 0.227 e. The molecule has 1 aromatic heterocycles. The van der Waals surface area contributed by atoms with Crippen molar-refractivity contribution in [3.63, 3.8) is 0 Å². The van der Waals surface area contributed by atoms with Crippen molar-refractivity contribution in [3.05, 3.63) is 41.3 Å². The first-order valence-electron chi connectivity index (χ1n) is 9.44. The Morgan fingerprint density at radius 2 is 1.63 bits per heavy atom. The zero-order valence-corrected chi connectivity index (χ0v) is 15.5. The highest BCUT2D eigenvalue weighted by atomic mass is 19.1. The van der Waals surface area contributed by atoms with E-state index in [0.29, 0.717) is 5.56 Å². The molecular formula is C20H23FN6. The minimum Gasteiger partial charge on any atom is -0.367 e. The second-order valence-corrected chi connectivity index (χ2v) is 7.11. The lowest BCUT2D eigenvalue weighted by Crippen LogP contribution is -2.47. The molecule has 27 heavy (non-hydrogen) atoms. The molecule has 0 unspecified atom stereocenters. The number of aromatic nitrogens is 2. The Balaban J connectivity index is 1.49. The van der Waals surface area contributed by atoms with Gasteiger partial charge in [-0.2, -0.15) is 10.2 Å². The standard InChI is InChI=1S/C20H23FN6/c1-15-12-19(24-20(23-15)27-6-2-3-7-27)26-10-8-25(9-11-26)18-5-4-17(21)13-16(18)14-22/h4-5,12-13H,2-3,6-11H2,1H3. The molecule has 2 aliphatic heterocycles. The van der Waals surface area contributed by atoms with Crippen LogP contribution in [-0.2, 0) is 0 Å². The first kappa shape index (κ1) is 17.5. The summed E-state index contributed by atoms with van der Waals surface area (Å²) < 4.78 is 13.4. The van der Waals surface area contributed by atoms with Gasteiger partial charge in [-0.05, 0) is 38.0 Å². The van der Waals surface area contributed by atoms with E-state index in [9.17, 15) is 9.65 Å². The monoisotopic (exact) mass is 366 g/mol. The maximum absolute atomic E-state index is 13.4. The van der Waals surface area contributed by atoms with Gasteiger partial charge in [0.25, 0.3) is 0 Å². The third kappa shape index (κ3) is 3.65. The minimum absolute atomic E-state index is 0.375. The second kappa shape index (κ2) is 7.39. The molecule has 2 aromatic rings. The fraction of sp³-hybridized carbons (Fsp3) is 0.450. The van der Waals surface area contributed by atoms with Gasteiger partial charge in [0, 0.05) is 51.0 Å². The predicted octanol–water partition coefficient (Wildman–Crippen LogP) is 2.72. The summed E-state index contributed by atoms with van der Waals surface area (Å²) in [6.45, 7) is 7.20. The highest BCUT2D eigenvalue weighted by Crippen LogP contribution is 2.25. The van der Waals surface area contributed by atoms with Crippen LogP contribution in [0.5, 0.6) is 0 Å². The second-order valence-electron chi connectivity index (χ2n) is 7.11. The summed E-state index contributed by atoms with van der Waals surface area (Å²) in [5.74, 6) is 1.42. The van der Waals surface area contributed by atoms with Crippen LogP contribution >= 0.6 is 0 Å². The molecule has 7 heteroatoms. The third-order valence-corrected chi connectivity index (χ3v) is 5.24. The van der Waals surface area contributed by atoms with Gasteiger partial charge >= 0.3 is 0 Å². The van der Waals surface area contributed by atoms with E-state index in [1.54, 1.807) is 6.07 Å². The number of piperazine rings is 1. The van der Waals surface area contributed by atoms with Gasteiger partial charge in [0.2, 0.25) is 5.95 Å². The van der Waals surface area contributed by atoms with Crippen molar-refractivity contribution in [1.29, 1.82) is 5.26 Å². The average Bonchev–Trinajstić information content (AvgIpc) is 3.22. The van der Waals surface area contributed by atoms with E-state index in [2.05, 4.69) is 25.8 Å². The summed E-state index contributed by atoms with van der Waals surface area (Å²) in [7, 11) is 0. The van der Waals surface area contributed by atoms with Gasteiger partial charge in [-0.3, -0.25) is 0 Å². The molecule has 0 aliphatic carbocycles.